The number of hydrogen-bond acceptors (Lipinski definition) is 2. The van der Waals surface area contributed by atoms with E-state index in [1.807, 2.05) is 0 Å². The number of nitrogens with one attached hydrogen (secondary N) is 1. The van der Waals surface area contributed by atoms with Gasteiger partial charge in [0.25, 0.3) is 5.91 Å². The SMILES string of the molecule is Cc1cccc(C(=O)NCCC2CCCC(C)C2)c1O. The average Bonchev–Trinajstić information content (AvgIpc) is 2.42. The van der Waals surface area contributed by atoms with E-state index in [9.17, 15) is 9.90 Å². The average molecular weight is 275 g/mol. The Morgan fingerprint density at radius 3 is 2.95 bits per heavy atom. The third-order valence-corrected chi connectivity index (χ3v) is 4.37. The van der Waals surface area contributed by atoms with Gasteiger partial charge in [-0.15, -0.1) is 0 Å². The van der Waals surface area contributed by atoms with Crippen molar-refractivity contribution in [3.63, 3.8) is 0 Å². The molecule has 0 heterocycles. The molecule has 1 amide bonds. The zero-order valence-electron chi connectivity index (χ0n) is 12.5. The number of para-hydroxylation sites is 1. The lowest BCUT2D eigenvalue weighted by Gasteiger charge is -2.26. The molecule has 0 aromatic heterocycles. The van der Waals surface area contributed by atoms with E-state index in [4.69, 9.17) is 0 Å². The van der Waals surface area contributed by atoms with Crippen molar-refractivity contribution in [3.05, 3.63) is 29.3 Å². The molecule has 1 saturated carbocycles. The first-order valence-electron chi connectivity index (χ1n) is 7.64. The highest BCUT2D eigenvalue weighted by atomic mass is 16.3. The molecule has 1 fully saturated rings. The van der Waals surface area contributed by atoms with Crippen molar-refractivity contribution in [2.45, 2.75) is 46.0 Å². The Morgan fingerprint density at radius 1 is 1.40 bits per heavy atom. The van der Waals surface area contributed by atoms with Gasteiger partial charge in [-0.1, -0.05) is 38.3 Å². The topological polar surface area (TPSA) is 49.3 Å². The van der Waals surface area contributed by atoms with Crippen LogP contribution in [0.2, 0.25) is 0 Å². The highest BCUT2D eigenvalue weighted by Gasteiger charge is 2.19. The van der Waals surface area contributed by atoms with Crippen LogP contribution in [0.4, 0.5) is 0 Å². The fraction of sp³-hybridized carbons (Fsp3) is 0.588. The Kier molecular flexibility index (Phi) is 5.05. The monoisotopic (exact) mass is 275 g/mol. The van der Waals surface area contributed by atoms with Crippen LogP contribution in [0.25, 0.3) is 0 Å². The minimum atomic E-state index is -0.171. The maximum Gasteiger partial charge on any atom is 0.255 e. The zero-order chi connectivity index (χ0) is 14.5. The number of rotatable bonds is 4. The Bertz CT molecular complexity index is 470. The van der Waals surface area contributed by atoms with Gasteiger partial charge in [0.15, 0.2) is 0 Å². The molecule has 0 bridgehead atoms. The van der Waals surface area contributed by atoms with Crippen LogP contribution in [0.5, 0.6) is 5.75 Å². The van der Waals surface area contributed by atoms with Crippen molar-refractivity contribution in [3.8, 4) is 5.75 Å². The number of aryl methyl sites for hydroxylation is 1. The molecule has 0 aliphatic heterocycles. The number of hydrogen-bond donors (Lipinski definition) is 2. The van der Waals surface area contributed by atoms with Crippen LogP contribution in [0, 0.1) is 18.8 Å². The van der Waals surface area contributed by atoms with Gasteiger partial charge in [-0.05, 0) is 43.2 Å². The highest BCUT2D eigenvalue weighted by Crippen LogP contribution is 2.30. The lowest BCUT2D eigenvalue weighted by atomic mass is 9.81. The molecule has 0 saturated heterocycles. The van der Waals surface area contributed by atoms with Crippen LogP contribution in [-0.4, -0.2) is 17.6 Å². The van der Waals surface area contributed by atoms with Gasteiger partial charge in [-0.3, -0.25) is 4.79 Å². The predicted molar refractivity (Wildman–Crippen MR) is 80.9 cm³/mol. The second-order valence-corrected chi connectivity index (χ2v) is 6.15. The van der Waals surface area contributed by atoms with Crippen LogP contribution in [0.15, 0.2) is 18.2 Å². The summed E-state index contributed by atoms with van der Waals surface area (Å²) in [4.78, 5) is 12.1. The first-order chi connectivity index (χ1) is 9.58. The van der Waals surface area contributed by atoms with Gasteiger partial charge in [0.2, 0.25) is 0 Å². The summed E-state index contributed by atoms with van der Waals surface area (Å²) in [6.07, 6.45) is 6.28. The summed E-state index contributed by atoms with van der Waals surface area (Å²) >= 11 is 0. The molecule has 2 atom stereocenters. The lowest BCUT2D eigenvalue weighted by Crippen LogP contribution is -2.27. The van der Waals surface area contributed by atoms with E-state index in [0.717, 1.165) is 23.8 Å². The van der Waals surface area contributed by atoms with Gasteiger partial charge >= 0.3 is 0 Å². The number of carbonyl (C=O) groups is 1. The molecule has 0 radical (unpaired) electrons. The largest absolute Gasteiger partial charge is 0.507 e. The van der Waals surface area contributed by atoms with Crippen molar-refractivity contribution in [2.24, 2.45) is 11.8 Å². The second kappa shape index (κ2) is 6.78. The maximum atomic E-state index is 12.1. The van der Waals surface area contributed by atoms with Gasteiger partial charge < -0.3 is 10.4 Å². The lowest BCUT2D eigenvalue weighted by molar-refractivity contribution is 0.0947. The van der Waals surface area contributed by atoms with Gasteiger partial charge in [0, 0.05) is 6.54 Å². The molecule has 2 unspecified atom stereocenters. The fourth-order valence-corrected chi connectivity index (χ4v) is 3.15. The number of phenols is 1. The van der Waals surface area contributed by atoms with Crippen LogP contribution >= 0.6 is 0 Å². The molecule has 1 aliphatic carbocycles. The van der Waals surface area contributed by atoms with Crippen molar-refractivity contribution < 1.29 is 9.90 Å². The van der Waals surface area contributed by atoms with E-state index < -0.39 is 0 Å². The van der Waals surface area contributed by atoms with E-state index in [-0.39, 0.29) is 11.7 Å². The first kappa shape index (κ1) is 14.9. The summed E-state index contributed by atoms with van der Waals surface area (Å²) in [6.45, 7) is 4.81. The number of aromatic hydroxyl groups is 1. The zero-order valence-corrected chi connectivity index (χ0v) is 12.5. The van der Waals surface area contributed by atoms with Crippen LogP contribution in [0.1, 0.15) is 54.9 Å². The van der Waals surface area contributed by atoms with Crippen LogP contribution in [0.3, 0.4) is 0 Å². The van der Waals surface area contributed by atoms with E-state index in [1.165, 1.54) is 25.7 Å². The van der Waals surface area contributed by atoms with Crippen LogP contribution in [-0.2, 0) is 0 Å². The third kappa shape index (κ3) is 3.75. The Labute approximate surface area is 121 Å². The first-order valence-corrected chi connectivity index (χ1v) is 7.64. The molecule has 20 heavy (non-hydrogen) atoms. The molecule has 2 N–H and O–H groups in total. The molecule has 1 aliphatic rings. The van der Waals surface area contributed by atoms with Crippen molar-refractivity contribution in [2.75, 3.05) is 6.54 Å². The molecule has 3 nitrogen and oxygen atoms in total. The Hall–Kier alpha value is -1.51. The fourth-order valence-electron chi connectivity index (χ4n) is 3.15. The minimum Gasteiger partial charge on any atom is -0.507 e. The van der Waals surface area contributed by atoms with E-state index in [1.54, 1.807) is 25.1 Å². The Morgan fingerprint density at radius 2 is 2.20 bits per heavy atom. The minimum absolute atomic E-state index is 0.0938. The summed E-state index contributed by atoms with van der Waals surface area (Å²) in [5.41, 5.74) is 1.11. The summed E-state index contributed by atoms with van der Waals surface area (Å²) < 4.78 is 0. The molecular formula is C17H25NO2. The van der Waals surface area contributed by atoms with Crippen molar-refractivity contribution >= 4 is 5.91 Å². The third-order valence-electron chi connectivity index (χ3n) is 4.37. The molecular weight excluding hydrogens is 250 g/mol. The number of benzene rings is 1. The summed E-state index contributed by atoms with van der Waals surface area (Å²) in [5, 5.41) is 12.8. The Balaban J connectivity index is 1.82. The second-order valence-electron chi connectivity index (χ2n) is 6.15. The predicted octanol–water partition coefficient (Wildman–Crippen LogP) is 3.65. The standard InChI is InChI=1S/C17H25NO2/c1-12-5-3-7-14(11-12)9-10-18-17(20)15-8-4-6-13(2)16(15)19/h4,6,8,12,14,19H,3,5,7,9-11H2,1-2H3,(H,18,20). The number of amides is 1. The van der Waals surface area contributed by atoms with Gasteiger partial charge in [-0.2, -0.15) is 0 Å². The number of phenolic OH excluding ortho intramolecular Hbond substituents is 1. The molecule has 1 aromatic rings. The van der Waals surface area contributed by atoms with Crippen molar-refractivity contribution in [1.29, 1.82) is 0 Å². The van der Waals surface area contributed by atoms with E-state index in [0.29, 0.717) is 12.1 Å². The molecule has 2 rings (SSSR count). The molecule has 1 aromatic carbocycles. The highest BCUT2D eigenvalue weighted by molar-refractivity contribution is 5.97. The maximum absolute atomic E-state index is 12.1. The quantitative estimate of drug-likeness (QED) is 0.881. The van der Waals surface area contributed by atoms with E-state index >= 15 is 0 Å². The summed E-state index contributed by atoms with van der Waals surface area (Å²) in [5.74, 6) is 1.49. The van der Waals surface area contributed by atoms with Gasteiger partial charge in [0.05, 0.1) is 5.56 Å². The summed E-state index contributed by atoms with van der Waals surface area (Å²) in [7, 11) is 0. The smallest absolute Gasteiger partial charge is 0.255 e. The molecule has 3 heteroatoms. The number of carbonyl (C=O) groups excluding carboxylic acids is 1. The van der Waals surface area contributed by atoms with Crippen LogP contribution < -0.4 is 5.32 Å². The van der Waals surface area contributed by atoms with E-state index in [2.05, 4.69) is 12.2 Å². The van der Waals surface area contributed by atoms with Crippen molar-refractivity contribution in [1.82, 2.24) is 5.32 Å². The van der Waals surface area contributed by atoms with Gasteiger partial charge in [0.1, 0.15) is 5.75 Å². The summed E-state index contributed by atoms with van der Waals surface area (Å²) in [6, 6.07) is 5.27. The molecule has 110 valence electrons. The van der Waals surface area contributed by atoms with Gasteiger partial charge in [-0.25, -0.2) is 0 Å². The molecule has 0 spiro atoms. The normalized spacial score (nSPS) is 22.5.